The van der Waals surface area contributed by atoms with Gasteiger partial charge in [0.05, 0.1) is 6.20 Å². The van der Waals surface area contributed by atoms with Crippen molar-refractivity contribution in [2.45, 2.75) is 18.8 Å². The summed E-state index contributed by atoms with van der Waals surface area (Å²) in [5.41, 5.74) is 2.66. The summed E-state index contributed by atoms with van der Waals surface area (Å²) in [6.07, 6.45) is 6.99. The first-order chi connectivity index (χ1) is 9.67. The first-order valence-electron chi connectivity index (χ1n) is 6.19. The van der Waals surface area contributed by atoms with E-state index >= 15 is 0 Å². The monoisotopic (exact) mass is 295 g/mol. The number of nitrogens with one attached hydrogen (secondary N) is 1. The minimum Gasteiger partial charge on any atom is -0.289 e. The SMILES string of the molecule is Clc1ccccc1.Cn1cc(C2CC2)cn1.O=CNO. The molecule has 1 aromatic carbocycles. The molecule has 1 saturated carbocycles. The Kier molecular flexibility index (Phi) is 7.39. The number of aryl methyl sites for hydroxylation is 1. The average molecular weight is 296 g/mol. The Bertz CT molecular complexity index is 498. The van der Waals surface area contributed by atoms with Crippen molar-refractivity contribution >= 4 is 18.0 Å². The fourth-order valence-electron chi connectivity index (χ4n) is 1.48. The Labute approximate surface area is 123 Å². The van der Waals surface area contributed by atoms with E-state index in [1.165, 1.54) is 23.9 Å². The van der Waals surface area contributed by atoms with Gasteiger partial charge in [0.1, 0.15) is 0 Å². The number of benzene rings is 1. The maximum absolute atomic E-state index is 8.81. The first kappa shape index (κ1) is 16.2. The van der Waals surface area contributed by atoms with Gasteiger partial charge in [-0.3, -0.25) is 14.7 Å². The summed E-state index contributed by atoms with van der Waals surface area (Å²) in [5, 5.41) is 12.1. The molecule has 1 amide bonds. The van der Waals surface area contributed by atoms with Crippen molar-refractivity contribution in [2.24, 2.45) is 7.05 Å². The van der Waals surface area contributed by atoms with Crippen LogP contribution in [-0.2, 0) is 11.8 Å². The predicted octanol–water partition coefficient (Wildman–Crippen LogP) is 2.76. The molecule has 0 saturated heterocycles. The minimum atomic E-state index is 0.181. The number of carbonyl (C=O) groups is 1. The van der Waals surface area contributed by atoms with Gasteiger partial charge in [-0.1, -0.05) is 29.8 Å². The summed E-state index contributed by atoms with van der Waals surface area (Å²) in [6, 6.07) is 9.44. The Morgan fingerprint density at radius 1 is 1.40 bits per heavy atom. The fraction of sp³-hybridized carbons (Fsp3) is 0.286. The van der Waals surface area contributed by atoms with Gasteiger partial charge in [-0.15, -0.1) is 0 Å². The highest BCUT2D eigenvalue weighted by Gasteiger charge is 2.24. The van der Waals surface area contributed by atoms with Crippen LogP contribution < -0.4 is 5.48 Å². The highest BCUT2D eigenvalue weighted by Crippen LogP contribution is 2.39. The third-order valence-electron chi connectivity index (χ3n) is 2.56. The number of hydrogen-bond acceptors (Lipinski definition) is 3. The van der Waals surface area contributed by atoms with Gasteiger partial charge in [-0.05, 0) is 36.5 Å². The normalized spacial score (nSPS) is 12.3. The lowest BCUT2D eigenvalue weighted by Crippen LogP contribution is -1.99. The second-order valence-corrected chi connectivity index (χ2v) is 4.70. The molecule has 20 heavy (non-hydrogen) atoms. The maximum Gasteiger partial charge on any atom is 0.230 e. The molecule has 1 heterocycles. The van der Waals surface area contributed by atoms with Crippen LogP contribution >= 0.6 is 11.6 Å². The number of hydroxylamine groups is 1. The number of halogens is 1. The van der Waals surface area contributed by atoms with Crippen LogP contribution in [-0.4, -0.2) is 21.4 Å². The maximum atomic E-state index is 8.81. The molecule has 1 aromatic heterocycles. The molecule has 0 bridgehead atoms. The molecule has 1 aliphatic rings. The van der Waals surface area contributed by atoms with Crippen molar-refractivity contribution in [2.75, 3.05) is 0 Å². The van der Waals surface area contributed by atoms with Crippen molar-refractivity contribution in [1.82, 2.24) is 15.3 Å². The summed E-state index contributed by atoms with van der Waals surface area (Å²) in [5.74, 6) is 0.846. The number of amides is 1. The van der Waals surface area contributed by atoms with Gasteiger partial charge in [0.2, 0.25) is 6.41 Å². The summed E-state index contributed by atoms with van der Waals surface area (Å²) in [4.78, 5) is 8.81. The molecule has 0 spiro atoms. The average Bonchev–Trinajstić information content (AvgIpc) is 3.23. The zero-order valence-electron chi connectivity index (χ0n) is 11.2. The summed E-state index contributed by atoms with van der Waals surface area (Å²) >= 11 is 5.54. The number of hydrogen-bond donors (Lipinski definition) is 2. The number of aromatic nitrogens is 2. The smallest absolute Gasteiger partial charge is 0.230 e. The van der Waals surface area contributed by atoms with Gasteiger partial charge < -0.3 is 0 Å². The van der Waals surface area contributed by atoms with Crippen LogP contribution in [0.5, 0.6) is 0 Å². The number of rotatable bonds is 2. The largest absolute Gasteiger partial charge is 0.289 e. The molecule has 1 fully saturated rings. The highest BCUT2D eigenvalue weighted by atomic mass is 35.5. The zero-order valence-corrected chi connectivity index (χ0v) is 12.0. The van der Waals surface area contributed by atoms with Gasteiger partial charge in [-0.2, -0.15) is 5.10 Å². The van der Waals surface area contributed by atoms with E-state index in [1.807, 2.05) is 48.3 Å². The van der Waals surface area contributed by atoms with Crippen molar-refractivity contribution in [3.05, 3.63) is 53.3 Å². The van der Waals surface area contributed by atoms with Gasteiger partial charge in [0.15, 0.2) is 0 Å². The van der Waals surface area contributed by atoms with E-state index in [4.69, 9.17) is 21.6 Å². The van der Waals surface area contributed by atoms with Crippen LogP contribution in [0, 0.1) is 0 Å². The molecular formula is C14H18ClN3O2. The molecule has 0 aliphatic heterocycles. The fourth-order valence-corrected chi connectivity index (χ4v) is 1.63. The molecule has 0 unspecified atom stereocenters. The summed E-state index contributed by atoms with van der Waals surface area (Å²) in [6.45, 7) is 0. The van der Waals surface area contributed by atoms with Crippen molar-refractivity contribution in [1.29, 1.82) is 0 Å². The van der Waals surface area contributed by atoms with E-state index < -0.39 is 0 Å². The van der Waals surface area contributed by atoms with Crippen molar-refractivity contribution in [3.63, 3.8) is 0 Å². The van der Waals surface area contributed by atoms with Crippen LogP contribution in [0.3, 0.4) is 0 Å². The molecule has 6 heteroatoms. The second kappa shape index (κ2) is 9.12. The Morgan fingerprint density at radius 2 is 2.00 bits per heavy atom. The molecular weight excluding hydrogens is 278 g/mol. The van der Waals surface area contributed by atoms with E-state index in [0.29, 0.717) is 0 Å². The second-order valence-electron chi connectivity index (χ2n) is 4.26. The molecule has 0 atom stereocenters. The third kappa shape index (κ3) is 6.92. The Morgan fingerprint density at radius 3 is 2.30 bits per heavy atom. The molecule has 2 aromatic rings. The first-order valence-corrected chi connectivity index (χ1v) is 6.57. The van der Waals surface area contributed by atoms with Crippen LogP contribution in [0.25, 0.3) is 0 Å². The standard InChI is InChI=1S/C7H10N2.C6H5Cl.CH3NO2/c1-9-5-7(4-8-9)6-2-3-6;7-6-4-2-1-3-5-6;3-1-2-4/h4-6H,2-3H2,1H3;1-5H;1,4H,(H,2,3). The van der Waals surface area contributed by atoms with Crippen LogP contribution in [0.1, 0.15) is 24.3 Å². The quantitative estimate of drug-likeness (QED) is 0.508. The molecule has 0 radical (unpaired) electrons. The predicted molar refractivity (Wildman–Crippen MR) is 77.6 cm³/mol. The van der Waals surface area contributed by atoms with E-state index in [0.717, 1.165) is 10.9 Å². The van der Waals surface area contributed by atoms with E-state index in [2.05, 4.69) is 11.3 Å². The zero-order chi connectivity index (χ0) is 14.8. The van der Waals surface area contributed by atoms with E-state index in [1.54, 1.807) is 0 Å². The van der Waals surface area contributed by atoms with E-state index in [9.17, 15) is 0 Å². The number of nitrogens with zero attached hydrogens (tertiary/aromatic N) is 2. The third-order valence-corrected chi connectivity index (χ3v) is 2.81. The molecule has 3 rings (SSSR count). The summed E-state index contributed by atoms with van der Waals surface area (Å²) in [7, 11) is 1.96. The highest BCUT2D eigenvalue weighted by molar-refractivity contribution is 6.30. The van der Waals surface area contributed by atoms with Crippen LogP contribution in [0.4, 0.5) is 0 Å². The van der Waals surface area contributed by atoms with E-state index in [-0.39, 0.29) is 6.41 Å². The lowest BCUT2D eigenvalue weighted by Gasteiger charge is -1.84. The minimum absolute atomic E-state index is 0.181. The van der Waals surface area contributed by atoms with Crippen molar-refractivity contribution < 1.29 is 10.0 Å². The topological polar surface area (TPSA) is 67.2 Å². The van der Waals surface area contributed by atoms with Crippen LogP contribution in [0.2, 0.25) is 5.02 Å². The molecule has 2 N–H and O–H groups in total. The Balaban J connectivity index is 0.000000164. The van der Waals surface area contributed by atoms with Gasteiger partial charge in [-0.25, -0.2) is 5.48 Å². The van der Waals surface area contributed by atoms with Crippen molar-refractivity contribution in [3.8, 4) is 0 Å². The van der Waals surface area contributed by atoms with Gasteiger partial charge in [0.25, 0.3) is 0 Å². The van der Waals surface area contributed by atoms with Crippen LogP contribution in [0.15, 0.2) is 42.7 Å². The lowest BCUT2D eigenvalue weighted by atomic mass is 10.2. The Hall–Kier alpha value is -1.85. The van der Waals surface area contributed by atoms with Gasteiger partial charge >= 0.3 is 0 Å². The number of carbonyl (C=O) groups excluding carboxylic acids is 1. The lowest BCUT2D eigenvalue weighted by molar-refractivity contribution is -0.116. The molecule has 1 aliphatic carbocycles. The van der Waals surface area contributed by atoms with Gasteiger partial charge in [0, 0.05) is 18.3 Å². The molecule has 108 valence electrons. The summed E-state index contributed by atoms with van der Waals surface area (Å²) < 4.78 is 1.87. The molecule has 5 nitrogen and oxygen atoms in total.